The van der Waals surface area contributed by atoms with E-state index in [2.05, 4.69) is 31.4 Å². The van der Waals surface area contributed by atoms with Crippen LogP contribution >= 0.6 is 0 Å². The van der Waals surface area contributed by atoms with Crippen molar-refractivity contribution in [1.82, 2.24) is 10.6 Å². The topological polar surface area (TPSA) is 78.4 Å². The van der Waals surface area contributed by atoms with Crippen molar-refractivity contribution in [3.63, 3.8) is 0 Å². The van der Waals surface area contributed by atoms with E-state index in [1.165, 1.54) is 0 Å². The number of carbonyl (C=O) groups excluding carboxylic acids is 1. The van der Waals surface area contributed by atoms with Crippen LogP contribution in [0.5, 0.6) is 0 Å². The van der Waals surface area contributed by atoms with Crippen LogP contribution in [-0.2, 0) is 4.79 Å². The average molecular weight is 258 g/mol. The second kappa shape index (κ2) is 7.95. The number of nitrogens with one attached hydrogen (secondary N) is 2. The molecule has 0 aromatic rings. The van der Waals surface area contributed by atoms with Crippen LogP contribution in [0, 0.1) is 11.3 Å². The zero-order valence-corrected chi connectivity index (χ0v) is 11.9. The Morgan fingerprint density at radius 1 is 1.22 bits per heavy atom. The molecule has 106 valence electrons. The lowest BCUT2D eigenvalue weighted by Crippen LogP contribution is -2.42. The zero-order chi connectivity index (χ0) is 14.2. The molecular formula is C13H26N2O3. The summed E-state index contributed by atoms with van der Waals surface area (Å²) in [6, 6.07) is -0.222. The Bertz CT molecular complexity index is 277. The highest BCUT2D eigenvalue weighted by Gasteiger charge is 2.17. The predicted molar refractivity (Wildman–Crippen MR) is 71.5 cm³/mol. The third kappa shape index (κ3) is 7.92. The maximum atomic E-state index is 11.5. The van der Waals surface area contributed by atoms with Crippen molar-refractivity contribution in [2.45, 2.75) is 47.0 Å². The molecule has 0 radical (unpaired) electrons. The first kappa shape index (κ1) is 16.7. The van der Waals surface area contributed by atoms with E-state index in [4.69, 9.17) is 5.11 Å². The summed E-state index contributed by atoms with van der Waals surface area (Å²) in [6.07, 6.45) is 1.83. The van der Waals surface area contributed by atoms with Gasteiger partial charge in [-0.2, -0.15) is 0 Å². The Labute approximate surface area is 109 Å². The maximum Gasteiger partial charge on any atom is 0.314 e. The van der Waals surface area contributed by atoms with Crippen molar-refractivity contribution >= 4 is 12.0 Å². The number of urea groups is 1. The molecule has 1 atom stereocenters. The van der Waals surface area contributed by atoms with E-state index in [9.17, 15) is 9.59 Å². The maximum absolute atomic E-state index is 11.5. The van der Waals surface area contributed by atoms with Crippen molar-refractivity contribution in [3.05, 3.63) is 0 Å². The number of rotatable bonds is 8. The molecule has 3 N–H and O–H groups in total. The molecule has 1 unspecified atom stereocenters. The molecule has 0 fully saturated rings. The normalized spacial score (nSPS) is 12.9. The fraction of sp³-hybridized carbons (Fsp3) is 0.846. The van der Waals surface area contributed by atoms with E-state index < -0.39 is 5.97 Å². The van der Waals surface area contributed by atoms with Gasteiger partial charge < -0.3 is 15.7 Å². The van der Waals surface area contributed by atoms with Gasteiger partial charge in [-0.1, -0.05) is 34.1 Å². The number of carbonyl (C=O) groups is 2. The molecule has 5 heteroatoms. The van der Waals surface area contributed by atoms with Crippen molar-refractivity contribution in [2.75, 3.05) is 13.1 Å². The molecule has 2 amide bonds. The Balaban J connectivity index is 3.91. The first-order valence-corrected chi connectivity index (χ1v) is 6.54. The quantitative estimate of drug-likeness (QED) is 0.624. The van der Waals surface area contributed by atoms with Gasteiger partial charge in [0, 0.05) is 19.5 Å². The molecule has 0 rings (SSSR count). The van der Waals surface area contributed by atoms with E-state index >= 15 is 0 Å². The van der Waals surface area contributed by atoms with Crippen LogP contribution in [0.4, 0.5) is 4.79 Å². The number of hydrogen-bond donors (Lipinski definition) is 3. The van der Waals surface area contributed by atoms with Crippen LogP contribution < -0.4 is 10.6 Å². The molecule has 0 aromatic carbocycles. The van der Waals surface area contributed by atoms with Crippen LogP contribution in [0.2, 0.25) is 0 Å². The van der Waals surface area contributed by atoms with Gasteiger partial charge in [-0.3, -0.25) is 4.79 Å². The lowest BCUT2D eigenvalue weighted by atomic mass is 9.90. The summed E-state index contributed by atoms with van der Waals surface area (Å²) in [5, 5.41) is 14.2. The molecule has 18 heavy (non-hydrogen) atoms. The summed E-state index contributed by atoms with van der Waals surface area (Å²) in [5.74, 6) is -0.830. The Hall–Kier alpha value is -1.26. The average Bonchev–Trinajstić information content (AvgIpc) is 2.31. The van der Waals surface area contributed by atoms with Gasteiger partial charge in [0.05, 0.1) is 0 Å². The van der Waals surface area contributed by atoms with Gasteiger partial charge in [0.25, 0.3) is 0 Å². The summed E-state index contributed by atoms with van der Waals surface area (Å²) in [4.78, 5) is 22.1. The van der Waals surface area contributed by atoms with Crippen molar-refractivity contribution in [3.8, 4) is 0 Å². The van der Waals surface area contributed by atoms with Gasteiger partial charge in [0.1, 0.15) is 0 Å². The summed E-state index contributed by atoms with van der Waals surface area (Å²) < 4.78 is 0. The van der Waals surface area contributed by atoms with Gasteiger partial charge in [-0.05, 0) is 17.8 Å². The van der Waals surface area contributed by atoms with Crippen LogP contribution in [-0.4, -0.2) is 30.2 Å². The number of carboxylic acids is 1. The van der Waals surface area contributed by atoms with E-state index in [0.717, 1.165) is 12.8 Å². The summed E-state index contributed by atoms with van der Waals surface area (Å²) in [5.41, 5.74) is 0.0859. The van der Waals surface area contributed by atoms with Crippen LogP contribution in [0.3, 0.4) is 0 Å². The second-order valence-corrected chi connectivity index (χ2v) is 5.45. The molecule has 0 spiro atoms. The molecule has 0 aliphatic heterocycles. The third-order valence-electron chi connectivity index (χ3n) is 3.28. The minimum Gasteiger partial charge on any atom is -0.481 e. The Morgan fingerprint density at radius 3 is 2.28 bits per heavy atom. The lowest BCUT2D eigenvalue weighted by Gasteiger charge is -2.23. The number of carboxylic acid groups (broad SMARTS) is 1. The molecule has 0 saturated heterocycles. The molecular weight excluding hydrogens is 232 g/mol. The Morgan fingerprint density at radius 2 is 1.83 bits per heavy atom. The molecule has 0 aliphatic carbocycles. The molecule has 0 bridgehead atoms. The molecule has 5 nitrogen and oxygen atoms in total. The molecule has 0 aliphatic rings. The van der Waals surface area contributed by atoms with Crippen LogP contribution in [0.25, 0.3) is 0 Å². The van der Waals surface area contributed by atoms with Gasteiger partial charge in [-0.25, -0.2) is 4.79 Å². The van der Waals surface area contributed by atoms with Crippen LogP contribution in [0.15, 0.2) is 0 Å². The molecule has 0 saturated carbocycles. The monoisotopic (exact) mass is 258 g/mol. The van der Waals surface area contributed by atoms with E-state index in [1.54, 1.807) is 0 Å². The highest BCUT2D eigenvalue weighted by Crippen LogP contribution is 2.17. The van der Waals surface area contributed by atoms with Crippen molar-refractivity contribution in [1.29, 1.82) is 0 Å². The number of aliphatic carboxylic acids is 1. The number of hydrogen-bond acceptors (Lipinski definition) is 2. The van der Waals surface area contributed by atoms with Crippen molar-refractivity contribution < 1.29 is 14.7 Å². The minimum atomic E-state index is -0.823. The lowest BCUT2D eigenvalue weighted by molar-refractivity contribution is -0.138. The summed E-state index contributed by atoms with van der Waals surface area (Å²) >= 11 is 0. The van der Waals surface area contributed by atoms with Gasteiger partial charge in [0.2, 0.25) is 0 Å². The predicted octanol–water partition coefficient (Wildman–Crippen LogP) is 2.22. The fourth-order valence-electron chi connectivity index (χ4n) is 1.35. The number of amides is 2. The first-order chi connectivity index (χ1) is 8.30. The summed E-state index contributed by atoms with van der Waals surface area (Å²) in [7, 11) is 0. The smallest absolute Gasteiger partial charge is 0.314 e. The standard InChI is InChI=1S/C13H26N2O3/c1-5-10(7-11(16)17)8-14-12(18)15-9-13(3,4)6-2/h10H,5-9H2,1-4H3,(H,16,17)(H2,14,15,18). The van der Waals surface area contributed by atoms with Crippen molar-refractivity contribution in [2.24, 2.45) is 11.3 Å². The molecule has 0 heterocycles. The first-order valence-electron chi connectivity index (χ1n) is 6.54. The third-order valence-corrected chi connectivity index (χ3v) is 3.28. The minimum absolute atomic E-state index is 0.00700. The van der Waals surface area contributed by atoms with E-state index in [0.29, 0.717) is 13.1 Å². The van der Waals surface area contributed by atoms with Gasteiger partial charge in [0.15, 0.2) is 0 Å². The largest absolute Gasteiger partial charge is 0.481 e. The SMILES string of the molecule is CCC(CNC(=O)NCC(C)(C)CC)CC(=O)O. The second-order valence-electron chi connectivity index (χ2n) is 5.45. The van der Waals surface area contributed by atoms with Gasteiger partial charge >= 0.3 is 12.0 Å². The molecule has 0 aromatic heterocycles. The Kier molecular flexibility index (Phi) is 7.39. The summed E-state index contributed by atoms with van der Waals surface area (Å²) in [6.45, 7) is 9.21. The highest BCUT2D eigenvalue weighted by atomic mass is 16.4. The van der Waals surface area contributed by atoms with E-state index in [-0.39, 0.29) is 23.8 Å². The highest BCUT2D eigenvalue weighted by molar-refractivity contribution is 5.74. The zero-order valence-electron chi connectivity index (χ0n) is 11.9. The van der Waals surface area contributed by atoms with E-state index in [1.807, 2.05) is 6.92 Å². The van der Waals surface area contributed by atoms with Gasteiger partial charge in [-0.15, -0.1) is 0 Å². The fourth-order valence-corrected chi connectivity index (χ4v) is 1.35. The van der Waals surface area contributed by atoms with Crippen LogP contribution in [0.1, 0.15) is 47.0 Å².